The zero-order valence-corrected chi connectivity index (χ0v) is 9.53. The molecule has 0 spiro atoms. The molecule has 1 unspecified atom stereocenters. The van der Waals surface area contributed by atoms with Crippen LogP contribution >= 0.6 is 11.8 Å². The number of nitrogens with zero attached hydrogens (tertiary/aromatic N) is 3. The van der Waals surface area contributed by atoms with Crippen LogP contribution in [0.15, 0.2) is 6.20 Å². The largest absolute Gasteiger partial charge is 0.468 e. The van der Waals surface area contributed by atoms with Gasteiger partial charge in [-0.25, -0.2) is 0 Å². The highest BCUT2D eigenvalue weighted by molar-refractivity contribution is 7.98. The summed E-state index contributed by atoms with van der Waals surface area (Å²) in [6, 6.07) is -0.573. The van der Waals surface area contributed by atoms with Crippen LogP contribution in [-0.4, -0.2) is 39.9 Å². The number of rotatable bonds is 5. The van der Waals surface area contributed by atoms with Gasteiger partial charge in [-0.15, -0.1) is 5.10 Å². The van der Waals surface area contributed by atoms with E-state index in [1.54, 1.807) is 11.7 Å². The molecule has 0 aromatic carbocycles. The van der Waals surface area contributed by atoms with Crippen LogP contribution in [0.25, 0.3) is 0 Å². The van der Waals surface area contributed by atoms with Crippen LogP contribution < -0.4 is 5.73 Å². The van der Waals surface area contributed by atoms with Crippen LogP contribution in [0.1, 0.15) is 5.69 Å². The molecule has 1 heterocycles. The topological polar surface area (TPSA) is 83.0 Å². The molecule has 1 aromatic heterocycles. The molecule has 1 rings (SSSR count). The zero-order chi connectivity index (χ0) is 11.3. The van der Waals surface area contributed by atoms with Crippen molar-refractivity contribution in [3.8, 4) is 0 Å². The van der Waals surface area contributed by atoms with Gasteiger partial charge in [0.15, 0.2) is 0 Å². The lowest BCUT2D eigenvalue weighted by Gasteiger charge is -2.07. The van der Waals surface area contributed by atoms with E-state index in [0.717, 1.165) is 5.69 Å². The Morgan fingerprint density at radius 2 is 2.53 bits per heavy atom. The maximum absolute atomic E-state index is 11.0. The molecular formula is C8H14N4O2S. The van der Waals surface area contributed by atoms with E-state index in [0.29, 0.717) is 11.5 Å². The molecule has 2 N–H and O–H groups in total. The minimum atomic E-state index is -0.573. The van der Waals surface area contributed by atoms with Crippen molar-refractivity contribution in [2.75, 3.05) is 12.9 Å². The van der Waals surface area contributed by atoms with E-state index in [-0.39, 0.29) is 5.97 Å². The summed E-state index contributed by atoms with van der Waals surface area (Å²) in [7, 11) is 3.14. The molecule has 0 fully saturated rings. The lowest BCUT2D eigenvalue weighted by molar-refractivity contribution is -0.141. The number of ether oxygens (including phenoxy) is 1. The summed E-state index contributed by atoms with van der Waals surface area (Å²) in [6.45, 7) is 0. The van der Waals surface area contributed by atoms with Gasteiger partial charge in [-0.05, 0) is 0 Å². The van der Waals surface area contributed by atoms with E-state index in [9.17, 15) is 4.79 Å². The minimum absolute atomic E-state index is 0.387. The van der Waals surface area contributed by atoms with Crippen molar-refractivity contribution >= 4 is 17.7 Å². The second-order valence-electron chi connectivity index (χ2n) is 3.03. The molecule has 7 heteroatoms. The number of aryl methyl sites for hydroxylation is 1. The number of carbonyl (C=O) groups is 1. The fourth-order valence-corrected chi connectivity index (χ4v) is 1.82. The maximum Gasteiger partial charge on any atom is 0.323 e. The maximum atomic E-state index is 11.0. The number of thioether (sulfide) groups is 1. The molecule has 0 aliphatic heterocycles. The number of aromatic nitrogens is 3. The van der Waals surface area contributed by atoms with E-state index in [1.807, 2.05) is 6.20 Å². The normalized spacial score (nSPS) is 12.5. The van der Waals surface area contributed by atoms with Gasteiger partial charge in [0.1, 0.15) is 6.04 Å². The van der Waals surface area contributed by atoms with Crippen molar-refractivity contribution in [2.45, 2.75) is 11.8 Å². The molecule has 0 aliphatic rings. The molecule has 0 saturated carbocycles. The average molecular weight is 230 g/mol. The molecule has 0 amide bonds. The fourth-order valence-electron chi connectivity index (χ4n) is 0.971. The van der Waals surface area contributed by atoms with Gasteiger partial charge in [0, 0.05) is 24.8 Å². The number of nitrogens with two attached hydrogens (primary N) is 1. The molecule has 1 atom stereocenters. The molecule has 6 nitrogen and oxygen atoms in total. The smallest absolute Gasteiger partial charge is 0.323 e. The summed E-state index contributed by atoms with van der Waals surface area (Å²) < 4.78 is 6.14. The summed E-state index contributed by atoms with van der Waals surface area (Å²) in [4.78, 5) is 11.0. The standard InChI is InChI=1S/C8H14N4O2S/c1-12-3-6(10-11-12)4-15-5-7(9)8(13)14-2/h3,7H,4-5,9H2,1-2H3. The molecule has 84 valence electrons. The van der Waals surface area contributed by atoms with Gasteiger partial charge in [0.2, 0.25) is 0 Å². The summed E-state index contributed by atoms with van der Waals surface area (Å²) in [6.07, 6.45) is 1.83. The van der Waals surface area contributed by atoms with Gasteiger partial charge in [-0.2, -0.15) is 11.8 Å². The third kappa shape index (κ3) is 3.88. The van der Waals surface area contributed by atoms with Crippen molar-refractivity contribution < 1.29 is 9.53 Å². The summed E-state index contributed by atoms with van der Waals surface area (Å²) in [5, 5.41) is 7.71. The molecular weight excluding hydrogens is 216 g/mol. The second kappa shape index (κ2) is 5.72. The Kier molecular flexibility index (Phi) is 4.57. The number of hydrogen-bond acceptors (Lipinski definition) is 6. The van der Waals surface area contributed by atoms with Gasteiger partial charge in [-0.1, -0.05) is 5.21 Å². The van der Waals surface area contributed by atoms with E-state index < -0.39 is 6.04 Å². The molecule has 0 bridgehead atoms. The average Bonchev–Trinajstić information content (AvgIpc) is 2.63. The Labute approximate surface area is 92.2 Å². The van der Waals surface area contributed by atoms with Crippen LogP contribution in [0.3, 0.4) is 0 Å². The highest BCUT2D eigenvalue weighted by atomic mass is 32.2. The first kappa shape index (κ1) is 12.0. The Morgan fingerprint density at radius 3 is 3.07 bits per heavy atom. The van der Waals surface area contributed by atoms with Crippen LogP contribution in [0.4, 0.5) is 0 Å². The SMILES string of the molecule is COC(=O)C(N)CSCc1cn(C)nn1. The first-order chi connectivity index (χ1) is 7.13. The number of methoxy groups -OCH3 is 1. The Morgan fingerprint density at radius 1 is 1.80 bits per heavy atom. The highest BCUT2D eigenvalue weighted by Crippen LogP contribution is 2.10. The number of hydrogen-bond donors (Lipinski definition) is 1. The first-order valence-corrected chi connectivity index (χ1v) is 5.55. The van der Waals surface area contributed by atoms with Gasteiger partial charge < -0.3 is 10.5 Å². The monoisotopic (exact) mass is 230 g/mol. The molecule has 0 aliphatic carbocycles. The highest BCUT2D eigenvalue weighted by Gasteiger charge is 2.13. The van der Waals surface area contributed by atoms with E-state index >= 15 is 0 Å². The fraction of sp³-hybridized carbons (Fsp3) is 0.625. The van der Waals surface area contributed by atoms with Gasteiger partial charge in [0.25, 0.3) is 0 Å². The van der Waals surface area contributed by atoms with Crippen molar-refractivity contribution in [1.82, 2.24) is 15.0 Å². The second-order valence-corrected chi connectivity index (χ2v) is 4.06. The van der Waals surface area contributed by atoms with Crippen LogP contribution in [0.2, 0.25) is 0 Å². The van der Waals surface area contributed by atoms with Crippen molar-refractivity contribution in [3.63, 3.8) is 0 Å². The quantitative estimate of drug-likeness (QED) is 0.690. The van der Waals surface area contributed by atoms with E-state index in [1.165, 1.54) is 18.9 Å². The molecule has 15 heavy (non-hydrogen) atoms. The molecule has 1 aromatic rings. The van der Waals surface area contributed by atoms with Crippen LogP contribution in [0.5, 0.6) is 0 Å². The van der Waals surface area contributed by atoms with Gasteiger partial charge in [-0.3, -0.25) is 9.48 Å². The lowest BCUT2D eigenvalue weighted by atomic mass is 10.4. The Balaban J connectivity index is 2.24. The molecule has 0 saturated heterocycles. The first-order valence-electron chi connectivity index (χ1n) is 4.40. The van der Waals surface area contributed by atoms with E-state index in [2.05, 4.69) is 15.0 Å². The van der Waals surface area contributed by atoms with Crippen LogP contribution in [0, 0.1) is 0 Å². The minimum Gasteiger partial charge on any atom is -0.468 e. The zero-order valence-electron chi connectivity index (χ0n) is 8.71. The summed E-state index contributed by atoms with van der Waals surface area (Å²) in [5.74, 6) is 0.823. The van der Waals surface area contributed by atoms with Crippen molar-refractivity contribution in [1.29, 1.82) is 0 Å². The predicted molar refractivity (Wildman–Crippen MR) is 57.2 cm³/mol. The van der Waals surface area contributed by atoms with Crippen molar-refractivity contribution in [3.05, 3.63) is 11.9 Å². The number of carbonyl (C=O) groups excluding carboxylic acids is 1. The Bertz CT molecular complexity index is 328. The summed E-state index contributed by atoms with van der Waals surface area (Å²) >= 11 is 1.53. The van der Waals surface area contributed by atoms with Gasteiger partial charge >= 0.3 is 5.97 Å². The predicted octanol–water partition coefficient (Wildman–Crippen LogP) is -0.451. The Hall–Kier alpha value is -1.08. The summed E-state index contributed by atoms with van der Waals surface area (Å²) in [5.41, 5.74) is 6.44. The lowest BCUT2D eigenvalue weighted by Crippen LogP contribution is -2.33. The van der Waals surface area contributed by atoms with E-state index in [4.69, 9.17) is 5.73 Å². The van der Waals surface area contributed by atoms with Crippen LogP contribution in [-0.2, 0) is 22.3 Å². The van der Waals surface area contributed by atoms with Gasteiger partial charge in [0.05, 0.1) is 12.8 Å². The third-order valence-electron chi connectivity index (χ3n) is 1.70. The third-order valence-corrected chi connectivity index (χ3v) is 2.80. The number of esters is 1. The molecule has 0 radical (unpaired) electrons. The van der Waals surface area contributed by atoms with Crippen molar-refractivity contribution in [2.24, 2.45) is 12.8 Å².